The van der Waals surface area contributed by atoms with Crippen molar-refractivity contribution in [1.29, 1.82) is 0 Å². The fourth-order valence-electron chi connectivity index (χ4n) is 2.43. The molecule has 2 N–H and O–H groups in total. The molecular formula is C14H16N2O. The SMILES string of the molecule is NCc1nc(-c2ccc3c(c2)CCCC3)co1. The lowest BCUT2D eigenvalue weighted by atomic mass is 9.90. The minimum absolute atomic E-state index is 0.352. The number of oxazole rings is 1. The Bertz CT molecular complexity index is 531. The smallest absolute Gasteiger partial charge is 0.208 e. The normalized spacial score (nSPS) is 14.6. The number of nitrogens with two attached hydrogens (primary N) is 1. The summed E-state index contributed by atoms with van der Waals surface area (Å²) in [6, 6.07) is 6.59. The van der Waals surface area contributed by atoms with Crippen molar-refractivity contribution in [1.82, 2.24) is 4.98 Å². The van der Waals surface area contributed by atoms with E-state index >= 15 is 0 Å². The van der Waals surface area contributed by atoms with E-state index in [1.54, 1.807) is 6.26 Å². The highest BCUT2D eigenvalue weighted by atomic mass is 16.3. The van der Waals surface area contributed by atoms with Gasteiger partial charge < -0.3 is 10.2 Å². The third-order valence-electron chi connectivity index (χ3n) is 3.37. The van der Waals surface area contributed by atoms with Gasteiger partial charge in [0.25, 0.3) is 0 Å². The Morgan fingerprint density at radius 2 is 2.00 bits per heavy atom. The van der Waals surface area contributed by atoms with E-state index in [-0.39, 0.29) is 0 Å². The van der Waals surface area contributed by atoms with Crippen molar-refractivity contribution in [3.63, 3.8) is 0 Å². The molecule has 1 aromatic carbocycles. The van der Waals surface area contributed by atoms with Gasteiger partial charge in [-0.3, -0.25) is 0 Å². The maximum Gasteiger partial charge on any atom is 0.208 e. The molecule has 1 aliphatic carbocycles. The number of hydrogen-bond donors (Lipinski definition) is 1. The molecule has 1 aliphatic rings. The molecule has 2 aromatic rings. The molecule has 0 unspecified atom stereocenters. The molecule has 1 aromatic heterocycles. The third kappa shape index (κ3) is 1.98. The van der Waals surface area contributed by atoms with Crippen LogP contribution in [0.25, 0.3) is 11.3 Å². The zero-order valence-electron chi connectivity index (χ0n) is 9.78. The van der Waals surface area contributed by atoms with E-state index in [0.29, 0.717) is 12.4 Å². The van der Waals surface area contributed by atoms with Gasteiger partial charge in [-0.25, -0.2) is 4.98 Å². The zero-order valence-corrected chi connectivity index (χ0v) is 9.78. The number of aryl methyl sites for hydroxylation is 2. The Morgan fingerprint density at radius 1 is 1.18 bits per heavy atom. The summed E-state index contributed by atoms with van der Waals surface area (Å²) in [5.41, 5.74) is 10.5. The molecule has 3 heteroatoms. The molecule has 17 heavy (non-hydrogen) atoms. The lowest BCUT2D eigenvalue weighted by Crippen LogP contribution is -2.02. The van der Waals surface area contributed by atoms with Crippen molar-refractivity contribution < 1.29 is 4.42 Å². The first-order valence-corrected chi connectivity index (χ1v) is 6.13. The van der Waals surface area contributed by atoms with Gasteiger partial charge in [0, 0.05) is 5.56 Å². The molecule has 0 saturated carbocycles. The van der Waals surface area contributed by atoms with Gasteiger partial charge in [0.15, 0.2) is 0 Å². The summed E-state index contributed by atoms with van der Waals surface area (Å²) < 4.78 is 5.28. The van der Waals surface area contributed by atoms with Crippen LogP contribution in [0.2, 0.25) is 0 Å². The average Bonchev–Trinajstić information content (AvgIpc) is 2.87. The highest BCUT2D eigenvalue weighted by molar-refractivity contribution is 5.60. The Balaban J connectivity index is 1.97. The molecule has 0 atom stereocenters. The quantitative estimate of drug-likeness (QED) is 0.859. The third-order valence-corrected chi connectivity index (χ3v) is 3.37. The summed E-state index contributed by atoms with van der Waals surface area (Å²) in [7, 11) is 0. The average molecular weight is 228 g/mol. The van der Waals surface area contributed by atoms with Crippen LogP contribution in [0.3, 0.4) is 0 Å². The number of hydrogen-bond acceptors (Lipinski definition) is 3. The fraction of sp³-hybridized carbons (Fsp3) is 0.357. The Morgan fingerprint density at radius 3 is 2.76 bits per heavy atom. The molecule has 88 valence electrons. The maximum atomic E-state index is 5.50. The van der Waals surface area contributed by atoms with Crippen LogP contribution >= 0.6 is 0 Å². The van der Waals surface area contributed by atoms with Crippen molar-refractivity contribution in [2.75, 3.05) is 0 Å². The van der Waals surface area contributed by atoms with Gasteiger partial charge >= 0.3 is 0 Å². The number of rotatable bonds is 2. The van der Waals surface area contributed by atoms with E-state index in [9.17, 15) is 0 Å². The number of benzene rings is 1. The predicted molar refractivity (Wildman–Crippen MR) is 66.5 cm³/mol. The van der Waals surface area contributed by atoms with Crippen LogP contribution in [0.4, 0.5) is 0 Å². The summed E-state index contributed by atoms with van der Waals surface area (Å²) in [5, 5.41) is 0. The molecule has 0 saturated heterocycles. The van der Waals surface area contributed by atoms with Crippen LogP contribution in [0, 0.1) is 0 Å². The minimum Gasteiger partial charge on any atom is -0.447 e. The molecule has 0 bridgehead atoms. The van der Waals surface area contributed by atoms with E-state index < -0.39 is 0 Å². The molecule has 3 nitrogen and oxygen atoms in total. The molecule has 0 amide bonds. The molecule has 0 fully saturated rings. The lowest BCUT2D eigenvalue weighted by molar-refractivity contribution is 0.498. The summed E-state index contributed by atoms with van der Waals surface area (Å²) in [5.74, 6) is 0.595. The summed E-state index contributed by atoms with van der Waals surface area (Å²) in [6.07, 6.45) is 6.69. The molecule has 0 aliphatic heterocycles. The summed E-state index contributed by atoms with van der Waals surface area (Å²) in [6.45, 7) is 0.352. The monoisotopic (exact) mass is 228 g/mol. The number of nitrogens with zero attached hydrogens (tertiary/aromatic N) is 1. The van der Waals surface area contributed by atoms with Crippen LogP contribution in [0.1, 0.15) is 29.9 Å². The standard InChI is InChI=1S/C14H16N2O/c15-8-14-16-13(9-17-14)12-6-5-10-3-1-2-4-11(10)7-12/h5-7,9H,1-4,8,15H2. The molecule has 3 rings (SSSR count). The highest BCUT2D eigenvalue weighted by Gasteiger charge is 2.11. The first-order valence-electron chi connectivity index (χ1n) is 6.13. The van der Waals surface area contributed by atoms with Crippen LogP contribution in [-0.2, 0) is 19.4 Å². The predicted octanol–water partition coefficient (Wildman–Crippen LogP) is 2.68. The second-order valence-corrected chi connectivity index (χ2v) is 4.52. The summed E-state index contributed by atoms with van der Waals surface area (Å²) >= 11 is 0. The minimum atomic E-state index is 0.352. The van der Waals surface area contributed by atoms with E-state index in [1.807, 2.05) is 0 Å². The van der Waals surface area contributed by atoms with Crippen molar-refractivity contribution in [2.45, 2.75) is 32.2 Å². The van der Waals surface area contributed by atoms with Crippen molar-refractivity contribution in [2.24, 2.45) is 5.73 Å². The van der Waals surface area contributed by atoms with Crippen molar-refractivity contribution >= 4 is 0 Å². The van der Waals surface area contributed by atoms with E-state index in [4.69, 9.17) is 10.2 Å². The Hall–Kier alpha value is -1.61. The zero-order chi connectivity index (χ0) is 11.7. The Labute approximate surface area is 101 Å². The number of fused-ring (bicyclic) bond motifs is 1. The molecule has 1 heterocycles. The first kappa shape index (κ1) is 10.5. The molecule has 0 radical (unpaired) electrons. The topological polar surface area (TPSA) is 52.0 Å². The van der Waals surface area contributed by atoms with Gasteiger partial charge in [-0.05, 0) is 42.9 Å². The van der Waals surface area contributed by atoms with Crippen LogP contribution in [0.5, 0.6) is 0 Å². The molecule has 0 spiro atoms. The maximum absolute atomic E-state index is 5.50. The van der Waals surface area contributed by atoms with Gasteiger partial charge in [0.1, 0.15) is 12.0 Å². The number of aromatic nitrogens is 1. The van der Waals surface area contributed by atoms with Gasteiger partial charge in [-0.15, -0.1) is 0 Å². The van der Waals surface area contributed by atoms with Crippen LogP contribution in [0.15, 0.2) is 28.9 Å². The molecular weight excluding hydrogens is 212 g/mol. The first-order chi connectivity index (χ1) is 8.36. The van der Waals surface area contributed by atoms with Gasteiger partial charge in [-0.2, -0.15) is 0 Å². The second kappa shape index (κ2) is 4.34. The highest BCUT2D eigenvalue weighted by Crippen LogP contribution is 2.27. The van der Waals surface area contributed by atoms with E-state index in [1.165, 1.54) is 36.8 Å². The summed E-state index contributed by atoms with van der Waals surface area (Å²) in [4.78, 5) is 4.36. The van der Waals surface area contributed by atoms with Crippen molar-refractivity contribution in [3.05, 3.63) is 41.5 Å². The van der Waals surface area contributed by atoms with Crippen LogP contribution in [-0.4, -0.2) is 4.98 Å². The van der Waals surface area contributed by atoms with E-state index in [0.717, 1.165) is 11.3 Å². The van der Waals surface area contributed by atoms with Gasteiger partial charge in [-0.1, -0.05) is 12.1 Å². The second-order valence-electron chi connectivity index (χ2n) is 4.52. The largest absolute Gasteiger partial charge is 0.447 e. The van der Waals surface area contributed by atoms with E-state index in [2.05, 4.69) is 23.2 Å². The lowest BCUT2D eigenvalue weighted by Gasteiger charge is -2.15. The van der Waals surface area contributed by atoms with Gasteiger partial charge in [0.05, 0.1) is 6.54 Å². The fourth-order valence-corrected chi connectivity index (χ4v) is 2.43. The van der Waals surface area contributed by atoms with Crippen LogP contribution < -0.4 is 5.73 Å². The van der Waals surface area contributed by atoms with Crippen molar-refractivity contribution in [3.8, 4) is 11.3 Å². The van der Waals surface area contributed by atoms with Gasteiger partial charge in [0.2, 0.25) is 5.89 Å². The Kier molecular flexibility index (Phi) is 2.69.